The summed E-state index contributed by atoms with van der Waals surface area (Å²) in [4.78, 5) is 11.0. The molecule has 0 N–H and O–H groups in total. The average molecular weight is 258 g/mol. The molecule has 0 unspecified atom stereocenters. The van der Waals surface area contributed by atoms with Gasteiger partial charge in [-0.1, -0.05) is 18.2 Å². The SMILES string of the molecule is CCO[C@H](/C=C/C=C/C#N)[C@@H](C)OC(=O)CCl. The number of halogens is 1. The van der Waals surface area contributed by atoms with E-state index in [1.54, 1.807) is 25.2 Å². The quantitative estimate of drug-likeness (QED) is 0.304. The molecule has 2 atom stereocenters. The van der Waals surface area contributed by atoms with Crippen molar-refractivity contribution in [3.63, 3.8) is 0 Å². The summed E-state index contributed by atoms with van der Waals surface area (Å²) in [6.45, 7) is 4.07. The van der Waals surface area contributed by atoms with E-state index in [-0.39, 0.29) is 12.0 Å². The zero-order valence-electron chi connectivity index (χ0n) is 9.93. The van der Waals surface area contributed by atoms with Gasteiger partial charge in [0.2, 0.25) is 0 Å². The Bertz CT molecular complexity index is 320. The van der Waals surface area contributed by atoms with Crippen LogP contribution >= 0.6 is 11.6 Å². The second-order valence-corrected chi connectivity index (χ2v) is 3.39. The minimum atomic E-state index is -0.482. The average Bonchev–Trinajstić information content (AvgIpc) is 2.32. The van der Waals surface area contributed by atoms with Gasteiger partial charge in [0.15, 0.2) is 0 Å². The van der Waals surface area contributed by atoms with Crippen molar-refractivity contribution in [1.82, 2.24) is 0 Å². The van der Waals surface area contributed by atoms with Crippen molar-refractivity contribution in [2.24, 2.45) is 0 Å². The minimum Gasteiger partial charge on any atom is -0.459 e. The maximum absolute atomic E-state index is 11.0. The highest BCUT2D eigenvalue weighted by molar-refractivity contribution is 6.26. The molecule has 0 heterocycles. The molecule has 17 heavy (non-hydrogen) atoms. The number of ether oxygens (including phenoxy) is 2. The molecule has 5 heteroatoms. The van der Waals surface area contributed by atoms with E-state index in [4.69, 9.17) is 26.3 Å². The van der Waals surface area contributed by atoms with Crippen LogP contribution < -0.4 is 0 Å². The molecule has 0 aromatic carbocycles. The van der Waals surface area contributed by atoms with Crippen molar-refractivity contribution < 1.29 is 14.3 Å². The molecule has 0 aromatic heterocycles. The molecular formula is C12H16ClNO3. The van der Waals surface area contributed by atoms with Gasteiger partial charge in [-0.2, -0.15) is 5.26 Å². The fourth-order valence-corrected chi connectivity index (χ4v) is 1.18. The van der Waals surface area contributed by atoms with E-state index < -0.39 is 12.1 Å². The Morgan fingerprint density at radius 1 is 1.53 bits per heavy atom. The summed E-state index contributed by atoms with van der Waals surface area (Å²) in [5, 5.41) is 8.31. The number of alkyl halides is 1. The van der Waals surface area contributed by atoms with Crippen LogP contribution in [0.15, 0.2) is 24.3 Å². The molecule has 0 saturated carbocycles. The number of hydrogen-bond donors (Lipinski definition) is 0. The Morgan fingerprint density at radius 3 is 2.76 bits per heavy atom. The number of carbonyl (C=O) groups is 1. The molecule has 0 radical (unpaired) electrons. The molecule has 0 fully saturated rings. The Kier molecular flexibility index (Phi) is 9.12. The summed E-state index contributed by atoms with van der Waals surface area (Å²) in [5.74, 6) is -0.661. The first kappa shape index (κ1) is 15.7. The Morgan fingerprint density at radius 2 is 2.24 bits per heavy atom. The van der Waals surface area contributed by atoms with Gasteiger partial charge in [0.25, 0.3) is 0 Å². The van der Waals surface area contributed by atoms with Crippen LogP contribution in [0.1, 0.15) is 13.8 Å². The van der Waals surface area contributed by atoms with Crippen LogP contribution in [-0.4, -0.2) is 30.7 Å². The molecule has 0 aliphatic rings. The lowest BCUT2D eigenvalue weighted by molar-refractivity contribution is -0.150. The zero-order chi connectivity index (χ0) is 13.1. The molecule has 0 aliphatic carbocycles. The largest absolute Gasteiger partial charge is 0.459 e. The smallest absolute Gasteiger partial charge is 0.321 e. The van der Waals surface area contributed by atoms with Crippen molar-refractivity contribution >= 4 is 17.6 Å². The first-order valence-corrected chi connectivity index (χ1v) is 5.79. The summed E-state index contributed by atoms with van der Waals surface area (Å²) in [5.41, 5.74) is 0. The third kappa shape index (κ3) is 7.56. The lowest BCUT2D eigenvalue weighted by atomic mass is 10.2. The second kappa shape index (κ2) is 9.88. The molecule has 0 rings (SSSR count). The Hall–Kier alpha value is -1.31. The first-order chi connectivity index (χ1) is 8.15. The molecule has 0 bridgehead atoms. The number of carbonyl (C=O) groups excluding carboxylic acids is 1. The third-order valence-corrected chi connectivity index (χ3v) is 2.05. The van der Waals surface area contributed by atoms with E-state index in [0.29, 0.717) is 6.61 Å². The highest BCUT2D eigenvalue weighted by Crippen LogP contribution is 2.07. The molecule has 94 valence electrons. The normalized spacial score (nSPS) is 14.7. The summed E-state index contributed by atoms with van der Waals surface area (Å²) in [6.07, 6.45) is 5.55. The molecule has 0 spiro atoms. The number of allylic oxidation sites excluding steroid dienone is 3. The summed E-state index contributed by atoms with van der Waals surface area (Å²) in [6, 6.07) is 1.87. The second-order valence-electron chi connectivity index (χ2n) is 3.12. The van der Waals surface area contributed by atoms with Crippen molar-refractivity contribution in [1.29, 1.82) is 5.26 Å². The highest BCUT2D eigenvalue weighted by atomic mass is 35.5. The van der Waals surface area contributed by atoms with E-state index in [1.807, 2.05) is 13.0 Å². The topological polar surface area (TPSA) is 59.3 Å². The third-order valence-electron chi connectivity index (χ3n) is 1.83. The molecule has 0 aromatic rings. The Labute approximate surface area is 106 Å². The van der Waals surface area contributed by atoms with Gasteiger partial charge in [0, 0.05) is 12.7 Å². The molecule has 0 aliphatic heterocycles. The number of esters is 1. The van der Waals surface area contributed by atoms with Gasteiger partial charge < -0.3 is 9.47 Å². The predicted molar refractivity (Wildman–Crippen MR) is 65.6 cm³/mol. The van der Waals surface area contributed by atoms with Crippen LogP contribution in [0.25, 0.3) is 0 Å². The van der Waals surface area contributed by atoms with Crippen LogP contribution in [0, 0.1) is 11.3 Å². The first-order valence-electron chi connectivity index (χ1n) is 5.25. The monoisotopic (exact) mass is 257 g/mol. The molecule has 0 saturated heterocycles. The van der Waals surface area contributed by atoms with Crippen LogP contribution in [-0.2, 0) is 14.3 Å². The van der Waals surface area contributed by atoms with E-state index in [1.165, 1.54) is 6.08 Å². The van der Waals surface area contributed by atoms with Gasteiger partial charge in [-0.05, 0) is 13.8 Å². The van der Waals surface area contributed by atoms with Gasteiger partial charge in [0.1, 0.15) is 18.1 Å². The van der Waals surface area contributed by atoms with E-state index in [2.05, 4.69) is 0 Å². The lowest BCUT2D eigenvalue weighted by Crippen LogP contribution is -2.30. The molecule has 4 nitrogen and oxygen atoms in total. The van der Waals surface area contributed by atoms with Gasteiger partial charge in [-0.25, -0.2) is 0 Å². The van der Waals surface area contributed by atoms with Gasteiger partial charge in [-0.15, -0.1) is 11.6 Å². The highest BCUT2D eigenvalue weighted by Gasteiger charge is 2.18. The van der Waals surface area contributed by atoms with Gasteiger partial charge >= 0.3 is 5.97 Å². The number of hydrogen-bond acceptors (Lipinski definition) is 4. The Balaban J connectivity index is 4.40. The van der Waals surface area contributed by atoms with Crippen LogP contribution in [0.2, 0.25) is 0 Å². The van der Waals surface area contributed by atoms with Crippen molar-refractivity contribution in [2.75, 3.05) is 12.5 Å². The fraction of sp³-hybridized carbons (Fsp3) is 0.500. The van der Waals surface area contributed by atoms with E-state index >= 15 is 0 Å². The summed E-state index contributed by atoms with van der Waals surface area (Å²) in [7, 11) is 0. The fourth-order valence-electron chi connectivity index (χ4n) is 1.12. The lowest BCUT2D eigenvalue weighted by Gasteiger charge is -2.20. The number of rotatable bonds is 7. The van der Waals surface area contributed by atoms with E-state index in [0.717, 1.165) is 0 Å². The maximum atomic E-state index is 11.0. The van der Waals surface area contributed by atoms with Crippen molar-refractivity contribution in [2.45, 2.75) is 26.1 Å². The van der Waals surface area contributed by atoms with Crippen LogP contribution in [0.5, 0.6) is 0 Å². The maximum Gasteiger partial charge on any atom is 0.321 e. The van der Waals surface area contributed by atoms with E-state index in [9.17, 15) is 4.79 Å². The summed E-state index contributed by atoms with van der Waals surface area (Å²) >= 11 is 5.34. The summed E-state index contributed by atoms with van der Waals surface area (Å²) < 4.78 is 10.4. The predicted octanol–water partition coefficient (Wildman–Crippen LogP) is 2.20. The molecular weight excluding hydrogens is 242 g/mol. The standard InChI is InChI=1S/C12H16ClNO3/c1-3-16-11(7-5-4-6-8-14)10(2)17-12(15)9-13/h4-7,10-11H,3,9H2,1-2H3/b6-4+,7-5+/t10-,11-/m1/s1. The zero-order valence-corrected chi connectivity index (χ0v) is 10.7. The van der Waals surface area contributed by atoms with Gasteiger partial charge in [-0.3, -0.25) is 4.79 Å². The molecule has 0 amide bonds. The van der Waals surface area contributed by atoms with Crippen molar-refractivity contribution in [3.8, 4) is 6.07 Å². The van der Waals surface area contributed by atoms with Crippen LogP contribution in [0.4, 0.5) is 0 Å². The number of nitrogens with zero attached hydrogens (tertiary/aromatic N) is 1. The van der Waals surface area contributed by atoms with Crippen LogP contribution in [0.3, 0.4) is 0 Å². The minimum absolute atomic E-state index is 0.179. The number of nitriles is 1. The van der Waals surface area contributed by atoms with Gasteiger partial charge in [0.05, 0.1) is 6.07 Å². The van der Waals surface area contributed by atoms with Crippen molar-refractivity contribution in [3.05, 3.63) is 24.3 Å².